The Morgan fingerprint density at radius 1 is 0.393 bits per heavy atom. The Labute approximate surface area is 176 Å². The Morgan fingerprint density at radius 3 is 0.857 bits per heavy atom. The van der Waals surface area contributed by atoms with Crippen molar-refractivity contribution in [3.63, 3.8) is 0 Å². The third kappa shape index (κ3) is 7.94. The lowest BCUT2D eigenvalue weighted by molar-refractivity contribution is 0.0535. The highest BCUT2D eigenvalue weighted by Crippen LogP contribution is 2.22. The molecule has 1 rings (SSSR count). The van der Waals surface area contributed by atoms with Gasteiger partial charge in [-0.25, -0.2) is 0 Å². The lowest BCUT2D eigenvalue weighted by atomic mass is 10.0. The van der Waals surface area contributed by atoms with Gasteiger partial charge in [-0.1, -0.05) is 0 Å². The molecule has 1 aliphatic heterocycles. The Kier molecular flexibility index (Phi) is 8.09. The summed E-state index contributed by atoms with van der Waals surface area (Å²) >= 11 is 0. The zero-order chi connectivity index (χ0) is 22.0. The van der Waals surface area contributed by atoms with Crippen LogP contribution >= 0.6 is 0 Å². The van der Waals surface area contributed by atoms with Crippen LogP contribution in [0.3, 0.4) is 0 Å². The molecule has 1 aliphatic rings. The number of hydrogen-bond acceptors (Lipinski definition) is 4. The third-order valence-corrected chi connectivity index (χ3v) is 5.91. The molecule has 0 fully saturated rings. The van der Waals surface area contributed by atoms with Gasteiger partial charge in [0.2, 0.25) is 0 Å². The van der Waals surface area contributed by atoms with E-state index < -0.39 is 0 Å². The Morgan fingerprint density at radius 2 is 0.643 bits per heavy atom. The van der Waals surface area contributed by atoms with E-state index in [9.17, 15) is 0 Å². The van der Waals surface area contributed by atoms with Crippen LogP contribution in [0.5, 0.6) is 0 Å². The summed E-state index contributed by atoms with van der Waals surface area (Å²) in [6.45, 7) is 34.4. The third-order valence-electron chi connectivity index (χ3n) is 5.91. The SMILES string of the molecule is CC(C)(C)N1/C=C\N(C(C)(C)C)CCN(C(C)(C)C)CCN(C(C)(C)C)CC1. The first-order chi connectivity index (χ1) is 12.4. The molecular weight excluding hydrogens is 344 g/mol. The van der Waals surface area contributed by atoms with Crippen molar-refractivity contribution >= 4 is 0 Å². The standard InChI is InChI=1S/C24H50N4/c1-21(2,3)25-13-15-26(22(4,5)6)17-19-28(24(10,11)12)20-18-27(16-14-25)23(7,8)9/h13,15H,14,16-20H2,1-12H3/b15-13-. The summed E-state index contributed by atoms with van der Waals surface area (Å²) < 4.78 is 0. The van der Waals surface area contributed by atoms with Crippen LogP contribution in [-0.4, -0.2) is 81.0 Å². The zero-order valence-corrected chi connectivity index (χ0v) is 21.2. The molecule has 4 heteroatoms. The van der Waals surface area contributed by atoms with E-state index in [4.69, 9.17) is 0 Å². The van der Waals surface area contributed by atoms with E-state index in [1.807, 2.05) is 0 Å². The molecule has 0 saturated carbocycles. The first-order valence-electron chi connectivity index (χ1n) is 11.1. The number of hydrogen-bond donors (Lipinski definition) is 0. The van der Waals surface area contributed by atoms with Gasteiger partial charge in [-0.05, 0) is 83.1 Å². The molecule has 0 amide bonds. The van der Waals surface area contributed by atoms with Crippen LogP contribution in [0.25, 0.3) is 0 Å². The molecule has 0 aromatic rings. The molecule has 0 aliphatic carbocycles. The molecule has 166 valence electrons. The predicted octanol–water partition coefficient (Wildman–Crippen LogP) is 4.87. The molecule has 1 heterocycles. The fourth-order valence-corrected chi connectivity index (χ4v) is 3.69. The Balaban J connectivity index is 3.24. The summed E-state index contributed by atoms with van der Waals surface area (Å²) in [6.07, 6.45) is 4.66. The second kappa shape index (κ2) is 8.95. The molecule has 4 nitrogen and oxygen atoms in total. The van der Waals surface area contributed by atoms with Crippen LogP contribution in [-0.2, 0) is 0 Å². The fourth-order valence-electron chi connectivity index (χ4n) is 3.69. The van der Waals surface area contributed by atoms with Crippen molar-refractivity contribution in [1.29, 1.82) is 0 Å². The first-order valence-corrected chi connectivity index (χ1v) is 11.1. The molecule has 0 radical (unpaired) electrons. The largest absolute Gasteiger partial charge is 0.370 e. The highest BCUT2D eigenvalue weighted by Gasteiger charge is 2.29. The van der Waals surface area contributed by atoms with E-state index in [-0.39, 0.29) is 22.2 Å². The average Bonchev–Trinajstić information content (AvgIpc) is 2.42. The lowest BCUT2D eigenvalue weighted by Crippen LogP contribution is -2.54. The molecule has 0 unspecified atom stereocenters. The van der Waals surface area contributed by atoms with Gasteiger partial charge in [-0.15, -0.1) is 0 Å². The summed E-state index contributed by atoms with van der Waals surface area (Å²) in [4.78, 5) is 10.3. The molecule has 28 heavy (non-hydrogen) atoms. The van der Waals surface area contributed by atoms with Gasteiger partial charge in [-0.3, -0.25) is 9.80 Å². The molecule has 0 N–H and O–H groups in total. The van der Waals surface area contributed by atoms with Gasteiger partial charge >= 0.3 is 0 Å². The van der Waals surface area contributed by atoms with Gasteiger partial charge in [-0.2, -0.15) is 0 Å². The van der Waals surface area contributed by atoms with Crippen molar-refractivity contribution < 1.29 is 0 Å². The van der Waals surface area contributed by atoms with Crippen molar-refractivity contribution in [2.75, 3.05) is 39.3 Å². The van der Waals surface area contributed by atoms with Crippen LogP contribution in [0.4, 0.5) is 0 Å². The van der Waals surface area contributed by atoms with E-state index in [1.165, 1.54) is 0 Å². The lowest BCUT2D eigenvalue weighted by Gasteiger charge is -2.45. The summed E-state index contributed by atoms with van der Waals surface area (Å²) in [5.74, 6) is 0. The maximum absolute atomic E-state index is 2.65. The van der Waals surface area contributed by atoms with E-state index >= 15 is 0 Å². The van der Waals surface area contributed by atoms with Crippen molar-refractivity contribution in [1.82, 2.24) is 19.6 Å². The molecular formula is C24H50N4. The maximum atomic E-state index is 2.65. The fraction of sp³-hybridized carbons (Fsp3) is 0.917. The monoisotopic (exact) mass is 394 g/mol. The average molecular weight is 395 g/mol. The van der Waals surface area contributed by atoms with E-state index in [2.05, 4.69) is 115 Å². The quantitative estimate of drug-likeness (QED) is 0.581. The van der Waals surface area contributed by atoms with Gasteiger partial charge in [0.1, 0.15) is 0 Å². The smallest absolute Gasteiger partial charge is 0.0313 e. The van der Waals surface area contributed by atoms with Crippen LogP contribution in [0, 0.1) is 0 Å². The molecule has 0 aromatic heterocycles. The van der Waals surface area contributed by atoms with Crippen LogP contribution in [0.15, 0.2) is 12.4 Å². The van der Waals surface area contributed by atoms with Crippen LogP contribution in [0.1, 0.15) is 83.1 Å². The summed E-state index contributed by atoms with van der Waals surface area (Å²) in [7, 11) is 0. The normalized spacial score (nSPS) is 22.0. The zero-order valence-electron chi connectivity index (χ0n) is 21.2. The van der Waals surface area contributed by atoms with E-state index in [0.29, 0.717) is 0 Å². The Hall–Kier alpha value is -0.740. The minimum atomic E-state index is 0.116. The van der Waals surface area contributed by atoms with Gasteiger partial charge < -0.3 is 9.80 Å². The second-order valence-electron chi connectivity index (χ2n) is 12.3. The number of nitrogens with zero attached hydrogens (tertiary/aromatic N) is 4. The van der Waals surface area contributed by atoms with Crippen molar-refractivity contribution in [3.8, 4) is 0 Å². The van der Waals surface area contributed by atoms with Gasteiger partial charge in [0.05, 0.1) is 0 Å². The summed E-state index contributed by atoms with van der Waals surface area (Å²) in [6, 6.07) is 0. The van der Waals surface area contributed by atoms with E-state index in [1.54, 1.807) is 0 Å². The molecule has 0 saturated heterocycles. The highest BCUT2D eigenvalue weighted by atomic mass is 15.3. The number of rotatable bonds is 0. The molecule has 0 bridgehead atoms. The predicted molar refractivity (Wildman–Crippen MR) is 125 cm³/mol. The minimum absolute atomic E-state index is 0.116. The molecule has 0 aromatic carbocycles. The van der Waals surface area contributed by atoms with E-state index in [0.717, 1.165) is 39.3 Å². The highest BCUT2D eigenvalue weighted by molar-refractivity contribution is 4.96. The topological polar surface area (TPSA) is 13.0 Å². The van der Waals surface area contributed by atoms with Gasteiger partial charge in [0.15, 0.2) is 0 Å². The molecule has 0 spiro atoms. The summed E-state index contributed by atoms with van der Waals surface area (Å²) in [5, 5.41) is 0. The van der Waals surface area contributed by atoms with Gasteiger partial charge in [0, 0.05) is 73.8 Å². The maximum Gasteiger partial charge on any atom is 0.0313 e. The van der Waals surface area contributed by atoms with Crippen molar-refractivity contribution in [2.45, 2.75) is 105 Å². The molecule has 0 atom stereocenters. The van der Waals surface area contributed by atoms with Crippen molar-refractivity contribution in [3.05, 3.63) is 12.4 Å². The summed E-state index contributed by atoms with van der Waals surface area (Å²) in [5.41, 5.74) is 0.590. The minimum Gasteiger partial charge on any atom is -0.370 e. The first kappa shape index (κ1) is 25.3. The van der Waals surface area contributed by atoms with Crippen molar-refractivity contribution in [2.24, 2.45) is 0 Å². The Bertz CT molecular complexity index is 451. The van der Waals surface area contributed by atoms with Gasteiger partial charge in [0.25, 0.3) is 0 Å². The second-order valence-corrected chi connectivity index (χ2v) is 12.3. The van der Waals surface area contributed by atoms with Crippen LogP contribution < -0.4 is 0 Å². The van der Waals surface area contributed by atoms with Crippen LogP contribution in [0.2, 0.25) is 0 Å².